The molecule has 1 aliphatic rings. The lowest BCUT2D eigenvalue weighted by molar-refractivity contribution is -0.139. The second-order valence-electron chi connectivity index (χ2n) is 4.84. The number of hydrogen-bond donors (Lipinski definition) is 4. The number of hydrogen-bond acceptors (Lipinski definition) is 6. The van der Waals surface area contributed by atoms with Gasteiger partial charge in [-0.2, -0.15) is 0 Å². The molecule has 8 heteroatoms. The Hall–Kier alpha value is -1.22. The van der Waals surface area contributed by atoms with Gasteiger partial charge in [0.15, 0.2) is 0 Å². The minimum atomic E-state index is -0.815. The lowest BCUT2D eigenvalue weighted by Crippen LogP contribution is -2.45. The van der Waals surface area contributed by atoms with E-state index in [1.54, 1.807) is 0 Å². The third-order valence-electron chi connectivity index (χ3n) is 3.14. The van der Waals surface area contributed by atoms with Gasteiger partial charge in [0.1, 0.15) is 0 Å². The first-order valence-corrected chi connectivity index (χ1v) is 7.87. The van der Waals surface area contributed by atoms with Crippen LogP contribution in [0.15, 0.2) is 0 Å². The van der Waals surface area contributed by atoms with Crippen LogP contribution in [0.5, 0.6) is 0 Å². The summed E-state index contributed by atoms with van der Waals surface area (Å²) in [5, 5.41) is 24.1. The van der Waals surface area contributed by atoms with E-state index in [4.69, 9.17) is 10.2 Å². The Bertz CT molecular complexity index is 273. The van der Waals surface area contributed by atoms with Crippen molar-refractivity contribution < 1.29 is 19.8 Å². The fourth-order valence-electron chi connectivity index (χ4n) is 2.12. The van der Waals surface area contributed by atoms with Crippen LogP contribution in [0.2, 0.25) is 0 Å². The summed E-state index contributed by atoms with van der Waals surface area (Å²) in [7, 11) is 0. The van der Waals surface area contributed by atoms with E-state index in [0.717, 1.165) is 0 Å². The van der Waals surface area contributed by atoms with Crippen LogP contribution < -0.4 is 10.6 Å². The van der Waals surface area contributed by atoms with Crippen LogP contribution in [0.1, 0.15) is 13.8 Å². The molecule has 0 radical (unpaired) electrons. The van der Waals surface area contributed by atoms with Gasteiger partial charge in [0.25, 0.3) is 0 Å². The Labute approximate surface area is 132 Å². The molecule has 0 spiro atoms. The Balaban J connectivity index is 0.00000211. The molecule has 0 saturated carbocycles. The zero-order valence-electron chi connectivity index (χ0n) is 13.7. The minimum Gasteiger partial charge on any atom is -0.480 e. The van der Waals surface area contributed by atoms with Gasteiger partial charge in [-0.1, -0.05) is 13.8 Å². The second-order valence-corrected chi connectivity index (χ2v) is 4.84. The molecule has 0 bridgehead atoms. The molecule has 1 rings (SSSR count). The average Bonchev–Trinajstić information content (AvgIpc) is 2.45. The quantitative estimate of drug-likeness (QED) is 0.522. The Morgan fingerprint density at radius 3 is 1.27 bits per heavy atom. The Morgan fingerprint density at radius 1 is 0.773 bits per heavy atom. The van der Waals surface area contributed by atoms with E-state index in [0.29, 0.717) is 52.4 Å². The Kier molecular flexibility index (Phi) is 12.7. The summed E-state index contributed by atoms with van der Waals surface area (Å²) in [5.41, 5.74) is 0. The van der Waals surface area contributed by atoms with Gasteiger partial charge in [-0.25, -0.2) is 0 Å². The standard InChI is InChI=1S/C12H24N4O4.C2H6/c17-11(18)9-15-5-1-13-2-6-16(10-12(19)20)8-4-14-3-7-15;1-2/h13-14H,1-10H2,(H,17,18)(H,19,20);1-2H3. The molecule has 0 aliphatic carbocycles. The predicted octanol–water partition coefficient (Wildman–Crippen LogP) is -1.02. The minimum absolute atomic E-state index is 0.0501. The zero-order chi connectivity index (χ0) is 16.8. The molecule has 22 heavy (non-hydrogen) atoms. The summed E-state index contributed by atoms with van der Waals surface area (Å²) in [6.07, 6.45) is 0. The van der Waals surface area contributed by atoms with Crippen molar-refractivity contribution in [2.75, 3.05) is 65.4 Å². The van der Waals surface area contributed by atoms with Gasteiger partial charge in [-0.05, 0) is 0 Å². The molecule has 1 saturated heterocycles. The highest BCUT2D eigenvalue weighted by Gasteiger charge is 2.12. The summed E-state index contributed by atoms with van der Waals surface area (Å²) < 4.78 is 0. The monoisotopic (exact) mass is 318 g/mol. The van der Waals surface area contributed by atoms with Gasteiger partial charge >= 0.3 is 11.9 Å². The van der Waals surface area contributed by atoms with E-state index >= 15 is 0 Å². The van der Waals surface area contributed by atoms with E-state index in [-0.39, 0.29) is 13.1 Å². The van der Waals surface area contributed by atoms with Crippen molar-refractivity contribution in [3.63, 3.8) is 0 Å². The van der Waals surface area contributed by atoms with Crippen molar-refractivity contribution in [1.82, 2.24) is 20.4 Å². The fourth-order valence-corrected chi connectivity index (χ4v) is 2.12. The number of nitrogens with zero attached hydrogens (tertiary/aromatic N) is 2. The third-order valence-corrected chi connectivity index (χ3v) is 3.14. The second kappa shape index (κ2) is 13.4. The number of carboxylic acids is 2. The first-order valence-electron chi connectivity index (χ1n) is 7.87. The first-order chi connectivity index (χ1) is 10.6. The normalized spacial score (nSPS) is 19.2. The number of aliphatic carboxylic acids is 2. The summed E-state index contributed by atoms with van der Waals surface area (Å²) in [6, 6.07) is 0. The highest BCUT2D eigenvalue weighted by atomic mass is 16.4. The molecule has 1 fully saturated rings. The van der Waals surface area contributed by atoms with Crippen LogP contribution in [0.3, 0.4) is 0 Å². The third kappa shape index (κ3) is 11.4. The van der Waals surface area contributed by atoms with E-state index < -0.39 is 11.9 Å². The van der Waals surface area contributed by atoms with Crippen molar-refractivity contribution in [3.8, 4) is 0 Å². The lowest BCUT2D eigenvalue weighted by atomic mass is 10.3. The number of nitrogens with one attached hydrogen (secondary N) is 2. The van der Waals surface area contributed by atoms with Crippen molar-refractivity contribution in [2.24, 2.45) is 0 Å². The summed E-state index contributed by atoms with van der Waals surface area (Å²) >= 11 is 0. The van der Waals surface area contributed by atoms with Crippen LogP contribution in [0, 0.1) is 0 Å². The van der Waals surface area contributed by atoms with Crippen molar-refractivity contribution >= 4 is 11.9 Å². The fraction of sp³-hybridized carbons (Fsp3) is 0.857. The largest absolute Gasteiger partial charge is 0.480 e. The molecule has 0 aromatic heterocycles. The molecule has 0 aromatic carbocycles. The molecular weight excluding hydrogens is 288 g/mol. The molecule has 1 aliphatic heterocycles. The maximum absolute atomic E-state index is 10.7. The van der Waals surface area contributed by atoms with Crippen LogP contribution in [-0.2, 0) is 9.59 Å². The van der Waals surface area contributed by atoms with Gasteiger partial charge in [-0.15, -0.1) is 0 Å². The molecule has 1 heterocycles. The van der Waals surface area contributed by atoms with E-state index in [2.05, 4.69) is 10.6 Å². The van der Waals surface area contributed by atoms with E-state index in [1.165, 1.54) is 0 Å². The molecular formula is C14H30N4O4. The van der Waals surface area contributed by atoms with Crippen LogP contribution in [0.4, 0.5) is 0 Å². The van der Waals surface area contributed by atoms with Crippen LogP contribution >= 0.6 is 0 Å². The van der Waals surface area contributed by atoms with Crippen LogP contribution in [-0.4, -0.2) is 97.4 Å². The molecule has 8 nitrogen and oxygen atoms in total. The molecule has 0 atom stereocenters. The van der Waals surface area contributed by atoms with Crippen molar-refractivity contribution in [1.29, 1.82) is 0 Å². The topological polar surface area (TPSA) is 105 Å². The first kappa shape index (κ1) is 20.8. The molecule has 0 aromatic rings. The zero-order valence-corrected chi connectivity index (χ0v) is 13.7. The molecule has 130 valence electrons. The summed E-state index contributed by atoms with van der Waals surface area (Å²) in [5.74, 6) is -1.63. The number of rotatable bonds is 4. The SMILES string of the molecule is CC.O=C(O)CN1CCNCCN(CC(=O)O)CCNCC1. The Morgan fingerprint density at radius 2 is 1.05 bits per heavy atom. The molecule has 4 N–H and O–H groups in total. The lowest BCUT2D eigenvalue weighted by Gasteiger charge is -2.25. The predicted molar refractivity (Wildman–Crippen MR) is 85.2 cm³/mol. The van der Waals surface area contributed by atoms with Gasteiger partial charge < -0.3 is 20.8 Å². The maximum atomic E-state index is 10.7. The average molecular weight is 318 g/mol. The van der Waals surface area contributed by atoms with Gasteiger partial charge in [0, 0.05) is 52.4 Å². The maximum Gasteiger partial charge on any atom is 0.317 e. The summed E-state index contributed by atoms with van der Waals surface area (Å²) in [4.78, 5) is 25.3. The number of carbonyl (C=O) groups is 2. The van der Waals surface area contributed by atoms with Crippen molar-refractivity contribution in [3.05, 3.63) is 0 Å². The molecule has 0 amide bonds. The molecule has 0 unspecified atom stereocenters. The van der Waals surface area contributed by atoms with Gasteiger partial charge in [-0.3, -0.25) is 19.4 Å². The highest BCUT2D eigenvalue weighted by molar-refractivity contribution is 5.69. The smallest absolute Gasteiger partial charge is 0.317 e. The van der Waals surface area contributed by atoms with Gasteiger partial charge in [0.05, 0.1) is 13.1 Å². The van der Waals surface area contributed by atoms with E-state index in [1.807, 2.05) is 23.6 Å². The van der Waals surface area contributed by atoms with Gasteiger partial charge in [0.2, 0.25) is 0 Å². The summed E-state index contributed by atoms with van der Waals surface area (Å²) in [6.45, 7) is 9.60. The van der Waals surface area contributed by atoms with Crippen molar-refractivity contribution in [2.45, 2.75) is 13.8 Å². The highest BCUT2D eigenvalue weighted by Crippen LogP contribution is 1.90. The van der Waals surface area contributed by atoms with Crippen LogP contribution in [0.25, 0.3) is 0 Å². The van der Waals surface area contributed by atoms with E-state index in [9.17, 15) is 9.59 Å². The number of carboxylic acid groups (broad SMARTS) is 2.